The van der Waals surface area contributed by atoms with Gasteiger partial charge in [0.2, 0.25) is 0 Å². The highest BCUT2D eigenvalue weighted by atomic mass is 16.1. The quantitative estimate of drug-likeness (QED) is 0.815. The second kappa shape index (κ2) is 3.70. The van der Waals surface area contributed by atoms with Crippen molar-refractivity contribution in [3.8, 4) is 0 Å². The zero-order valence-corrected chi connectivity index (χ0v) is 9.41. The summed E-state index contributed by atoms with van der Waals surface area (Å²) in [5.41, 5.74) is 1.20. The van der Waals surface area contributed by atoms with Crippen LogP contribution in [0.2, 0.25) is 0 Å². The molecular formula is C14H17NO. The Labute approximate surface area is 96.1 Å². The normalized spacial score (nSPS) is 33.0. The predicted octanol–water partition coefficient (Wildman–Crippen LogP) is 1.80. The average Bonchev–Trinajstić information content (AvgIpc) is 2.52. The number of Topliss-reactive ketones (excluding diaryl/α,β-unsaturated/α-hetero) is 1. The fourth-order valence-electron chi connectivity index (χ4n) is 3.22. The highest BCUT2D eigenvalue weighted by Gasteiger charge is 2.49. The van der Waals surface area contributed by atoms with Crippen molar-refractivity contribution in [3.63, 3.8) is 0 Å². The summed E-state index contributed by atoms with van der Waals surface area (Å²) < 4.78 is 0. The Balaban J connectivity index is 1.86. The first-order valence-electron chi connectivity index (χ1n) is 6.09. The van der Waals surface area contributed by atoms with E-state index in [0.717, 1.165) is 32.4 Å². The molecule has 2 heteroatoms. The molecule has 2 fully saturated rings. The van der Waals surface area contributed by atoms with Gasteiger partial charge in [-0.25, -0.2) is 0 Å². The van der Waals surface area contributed by atoms with Gasteiger partial charge in [0.05, 0.1) is 0 Å². The summed E-state index contributed by atoms with van der Waals surface area (Å²) >= 11 is 0. The molecule has 84 valence electrons. The molecule has 1 aliphatic carbocycles. The molecule has 1 heterocycles. The van der Waals surface area contributed by atoms with E-state index in [0.29, 0.717) is 5.78 Å². The van der Waals surface area contributed by atoms with Crippen molar-refractivity contribution in [1.29, 1.82) is 0 Å². The third-order valence-electron chi connectivity index (χ3n) is 4.10. The monoisotopic (exact) mass is 215 g/mol. The number of piperidine rings is 1. The van der Waals surface area contributed by atoms with Crippen molar-refractivity contribution >= 4 is 5.78 Å². The Kier molecular flexibility index (Phi) is 2.32. The van der Waals surface area contributed by atoms with Crippen LogP contribution in [-0.4, -0.2) is 18.9 Å². The van der Waals surface area contributed by atoms with E-state index in [4.69, 9.17) is 0 Å². The van der Waals surface area contributed by atoms with Crippen LogP contribution >= 0.6 is 0 Å². The van der Waals surface area contributed by atoms with E-state index >= 15 is 0 Å². The van der Waals surface area contributed by atoms with E-state index in [-0.39, 0.29) is 11.3 Å². The maximum Gasteiger partial charge on any atom is 0.144 e. The van der Waals surface area contributed by atoms with Gasteiger partial charge >= 0.3 is 0 Å². The van der Waals surface area contributed by atoms with Crippen LogP contribution in [0.5, 0.6) is 0 Å². The molecule has 1 aromatic carbocycles. The highest BCUT2D eigenvalue weighted by Crippen LogP contribution is 2.42. The Morgan fingerprint density at radius 2 is 2.12 bits per heavy atom. The fraction of sp³-hybridized carbons (Fsp3) is 0.500. The van der Waals surface area contributed by atoms with E-state index in [1.54, 1.807) is 0 Å². The third kappa shape index (κ3) is 1.49. The summed E-state index contributed by atoms with van der Waals surface area (Å²) in [5, 5.41) is 3.42. The molecule has 16 heavy (non-hydrogen) atoms. The molecular weight excluding hydrogens is 198 g/mol. The molecule has 0 amide bonds. The molecule has 0 radical (unpaired) electrons. The van der Waals surface area contributed by atoms with E-state index in [1.807, 2.05) is 6.07 Å². The molecule has 1 saturated carbocycles. The van der Waals surface area contributed by atoms with Gasteiger partial charge in [0.15, 0.2) is 0 Å². The fourth-order valence-corrected chi connectivity index (χ4v) is 3.22. The number of hydrogen-bond donors (Lipinski definition) is 1. The number of carbonyl (C=O) groups is 1. The topological polar surface area (TPSA) is 29.1 Å². The molecule has 2 aliphatic rings. The average molecular weight is 215 g/mol. The molecule has 2 unspecified atom stereocenters. The van der Waals surface area contributed by atoms with E-state index < -0.39 is 0 Å². The molecule has 2 bridgehead atoms. The van der Waals surface area contributed by atoms with E-state index in [2.05, 4.69) is 29.6 Å². The van der Waals surface area contributed by atoms with Crippen LogP contribution in [0.3, 0.4) is 0 Å². The summed E-state index contributed by atoms with van der Waals surface area (Å²) in [6.07, 6.45) is 3.06. The van der Waals surface area contributed by atoms with Crippen LogP contribution in [0.15, 0.2) is 30.3 Å². The van der Waals surface area contributed by atoms with Crippen molar-refractivity contribution in [1.82, 2.24) is 5.32 Å². The molecule has 2 atom stereocenters. The smallest absolute Gasteiger partial charge is 0.144 e. The maximum atomic E-state index is 12.3. The van der Waals surface area contributed by atoms with Crippen LogP contribution < -0.4 is 5.32 Å². The van der Waals surface area contributed by atoms with Gasteiger partial charge in [-0.3, -0.25) is 4.79 Å². The van der Waals surface area contributed by atoms with Gasteiger partial charge in [0, 0.05) is 24.4 Å². The van der Waals surface area contributed by atoms with Crippen LogP contribution in [-0.2, 0) is 11.2 Å². The number of rotatable bonds is 2. The summed E-state index contributed by atoms with van der Waals surface area (Å²) in [5.74, 6) is 0.799. The summed E-state index contributed by atoms with van der Waals surface area (Å²) in [6, 6.07) is 10.4. The lowest BCUT2D eigenvalue weighted by Crippen LogP contribution is -2.48. The molecule has 2 nitrogen and oxygen atoms in total. The van der Waals surface area contributed by atoms with Gasteiger partial charge in [-0.15, -0.1) is 0 Å². The Morgan fingerprint density at radius 3 is 2.94 bits per heavy atom. The molecule has 1 aromatic rings. The van der Waals surface area contributed by atoms with Crippen LogP contribution in [0, 0.1) is 11.3 Å². The van der Waals surface area contributed by atoms with Gasteiger partial charge < -0.3 is 5.32 Å². The first-order chi connectivity index (χ1) is 7.80. The van der Waals surface area contributed by atoms with E-state index in [1.165, 1.54) is 5.56 Å². The lowest BCUT2D eigenvalue weighted by Gasteiger charge is -2.32. The minimum atomic E-state index is -0.0930. The predicted molar refractivity (Wildman–Crippen MR) is 63.2 cm³/mol. The molecule has 1 N–H and O–H groups in total. The summed E-state index contributed by atoms with van der Waals surface area (Å²) in [6.45, 7) is 1.77. The number of carbonyl (C=O) groups excluding carboxylic acids is 1. The van der Waals surface area contributed by atoms with Crippen LogP contribution in [0.4, 0.5) is 0 Å². The zero-order valence-electron chi connectivity index (χ0n) is 9.41. The SMILES string of the molecule is O=C1C2CCC1(Cc1ccccc1)CNC2. The Morgan fingerprint density at radius 1 is 1.31 bits per heavy atom. The molecule has 1 saturated heterocycles. The Hall–Kier alpha value is -1.15. The van der Waals surface area contributed by atoms with Crippen LogP contribution in [0.1, 0.15) is 18.4 Å². The number of benzene rings is 1. The molecule has 1 aliphatic heterocycles. The van der Waals surface area contributed by atoms with Crippen molar-refractivity contribution in [3.05, 3.63) is 35.9 Å². The third-order valence-corrected chi connectivity index (χ3v) is 4.10. The lowest BCUT2D eigenvalue weighted by molar-refractivity contribution is -0.130. The van der Waals surface area contributed by atoms with Gasteiger partial charge in [-0.05, 0) is 24.8 Å². The van der Waals surface area contributed by atoms with Crippen molar-refractivity contribution in [2.45, 2.75) is 19.3 Å². The maximum absolute atomic E-state index is 12.3. The largest absolute Gasteiger partial charge is 0.315 e. The van der Waals surface area contributed by atoms with E-state index in [9.17, 15) is 4.79 Å². The second-order valence-electron chi connectivity index (χ2n) is 5.17. The van der Waals surface area contributed by atoms with Gasteiger partial charge in [-0.1, -0.05) is 30.3 Å². The van der Waals surface area contributed by atoms with Crippen molar-refractivity contribution in [2.24, 2.45) is 11.3 Å². The molecule has 0 aromatic heterocycles. The van der Waals surface area contributed by atoms with Gasteiger partial charge in [-0.2, -0.15) is 0 Å². The van der Waals surface area contributed by atoms with Gasteiger partial charge in [0.1, 0.15) is 5.78 Å². The Bertz CT molecular complexity index is 396. The standard InChI is InChI=1S/C14H17NO/c16-13-12-6-7-14(13,10-15-9-12)8-11-4-2-1-3-5-11/h1-5,12,15H,6-10H2. The summed E-state index contributed by atoms with van der Waals surface area (Å²) in [4.78, 5) is 12.3. The number of fused-ring (bicyclic) bond motifs is 2. The minimum absolute atomic E-state index is 0.0930. The number of nitrogens with one attached hydrogen (secondary N) is 1. The summed E-state index contributed by atoms with van der Waals surface area (Å²) in [7, 11) is 0. The van der Waals surface area contributed by atoms with Crippen molar-refractivity contribution < 1.29 is 4.79 Å². The van der Waals surface area contributed by atoms with Crippen molar-refractivity contribution in [2.75, 3.05) is 13.1 Å². The highest BCUT2D eigenvalue weighted by molar-refractivity contribution is 5.90. The molecule has 3 rings (SSSR count). The zero-order chi connectivity index (χ0) is 11.0. The number of hydrogen-bond acceptors (Lipinski definition) is 2. The molecule has 0 spiro atoms. The first-order valence-corrected chi connectivity index (χ1v) is 6.09. The van der Waals surface area contributed by atoms with Gasteiger partial charge in [0.25, 0.3) is 0 Å². The number of ketones is 1. The second-order valence-corrected chi connectivity index (χ2v) is 5.17. The lowest BCUT2D eigenvalue weighted by atomic mass is 9.76. The van der Waals surface area contributed by atoms with Crippen LogP contribution in [0.25, 0.3) is 0 Å². The first kappa shape index (κ1) is 10.0. The minimum Gasteiger partial charge on any atom is -0.315 e.